The number of carbonyl (C=O) groups is 2. The van der Waals surface area contributed by atoms with E-state index >= 15 is 0 Å². The first-order chi connectivity index (χ1) is 11.0. The van der Waals surface area contributed by atoms with Gasteiger partial charge in [-0.3, -0.25) is 9.59 Å². The SMILES string of the molecule is Cc1ccc(NC2=C(Cl)C(=O)N(c3ccccc3)C2=O)cc1Cl. The van der Waals surface area contributed by atoms with Crippen LogP contribution in [-0.2, 0) is 9.59 Å². The van der Waals surface area contributed by atoms with E-state index in [1.807, 2.05) is 13.0 Å². The van der Waals surface area contributed by atoms with E-state index in [0.29, 0.717) is 16.4 Å². The molecule has 0 aromatic heterocycles. The van der Waals surface area contributed by atoms with Gasteiger partial charge in [-0.1, -0.05) is 47.5 Å². The van der Waals surface area contributed by atoms with Gasteiger partial charge in [-0.25, -0.2) is 4.90 Å². The van der Waals surface area contributed by atoms with Crippen molar-refractivity contribution in [3.8, 4) is 0 Å². The first kappa shape index (κ1) is 15.6. The second-order valence-electron chi connectivity index (χ2n) is 5.06. The first-order valence-electron chi connectivity index (χ1n) is 6.86. The van der Waals surface area contributed by atoms with E-state index in [-0.39, 0.29) is 10.7 Å². The van der Waals surface area contributed by atoms with Crippen LogP contribution in [0.4, 0.5) is 11.4 Å². The summed E-state index contributed by atoms with van der Waals surface area (Å²) in [5.74, 6) is -1.05. The van der Waals surface area contributed by atoms with Crippen molar-refractivity contribution in [1.29, 1.82) is 0 Å². The predicted octanol–water partition coefficient (Wildman–Crippen LogP) is 4.08. The van der Waals surface area contributed by atoms with E-state index in [9.17, 15) is 9.59 Å². The number of imide groups is 1. The van der Waals surface area contributed by atoms with E-state index in [1.54, 1.807) is 42.5 Å². The Morgan fingerprint density at radius 3 is 2.30 bits per heavy atom. The number of hydrogen-bond acceptors (Lipinski definition) is 3. The molecule has 0 bridgehead atoms. The fourth-order valence-electron chi connectivity index (χ4n) is 2.24. The summed E-state index contributed by atoms with van der Waals surface area (Å²) in [4.78, 5) is 25.9. The van der Waals surface area contributed by atoms with Crippen LogP contribution < -0.4 is 10.2 Å². The number of aryl methyl sites for hydroxylation is 1. The number of carbonyl (C=O) groups excluding carboxylic acids is 2. The molecule has 0 atom stereocenters. The zero-order valence-electron chi connectivity index (χ0n) is 12.1. The van der Waals surface area contributed by atoms with E-state index in [0.717, 1.165) is 10.5 Å². The van der Waals surface area contributed by atoms with Crippen molar-refractivity contribution in [2.45, 2.75) is 6.92 Å². The van der Waals surface area contributed by atoms with Crippen LogP contribution in [0.5, 0.6) is 0 Å². The van der Waals surface area contributed by atoms with Gasteiger partial charge < -0.3 is 5.32 Å². The molecule has 2 aromatic carbocycles. The number of para-hydroxylation sites is 1. The van der Waals surface area contributed by atoms with Gasteiger partial charge in [0.1, 0.15) is 10.7 Å². The molecule has 2 aromatic rings. The summed E-state index contributed by atoms with van der Waals surface area (Å²) in [7, 11) is 0. The fourth-order valence-corrected chi connectivity index (χ4v) is 2.63. The highest BCUT2D eigenvalue weighted by molar-refractivity contribution is 6.53. The van der Waals surface area contributed by atoms with Crippen molar-refractivity contribution in [2.75, 3.05) is 10.2 Å². The largest absolute Gasteiger partial charge is 0.350 e. The molecule has 0 spiro atoms. The molecule has 0 radical (unpaired) electrons. The van der Waals surface area contributed by atoms with Gasteiger partial charge in [-0.05, 0) is 36.8 Å². The minimum absolute atomic E-state index is 0.0421. The maximum atomic E-state index is 12.6. The molecule has 6 heteroatoms. The lowest BCUT2D eigenvalue weighted by atomic mass is 10.2. The highest BCUT2D eigenvalue weighted by Gasteiger charge is 2.38. The second kappa shape index (κ2) is 6.07. The molecule has 3 rings (SSSR count). The molecule has 0 saturated heterocycles. The quantitative estimate of drug-likeness (QED) is 0.851. The van der Waals surface area contributed by atoms with Crippen LogP contribution in [-0.4, -0.2) is 11.8 Å². The van der Waals surface area contributed by atoms with Gasteiger partial charge in [0.15, 0.2) is 0 Å². The zero-order valence-corrected chi connectivity index (χ0v) is 13.7. The molecule has 1 aliphatic rings. The molecular formula is C17H12Cl2N2O2. The number of rotatable bonds is 3. The number of nitrogens with one attached hydrogen (secondary N) is 1. The molecule has 2 amide bonds. The Labute approximate surface area is 143 Å². The number of anilines is 2. The maximum Gasteiger partial charge on any atom is 0.283 e. The molecule has 1 N–H and O–H groups in total. The minimum atomic E-state index is -0.552. The van der Waals surface area contributed by atoms with Crippen LogP contribution in [0, 0.1) is 6.92 Å². The Kier molecular flexibility index (Phi) is 4.11. The van der Waals surface area contributed by atoms with Gasteiger partial charge in [0.2, 0.25) is 0 Å². The van der Waals surface area contributed by atoms with Gasteiger partial charge in [-0.2, -0.15) is 0 Å². The number of benzene rings is 2. The summed E-state index contributed by atoms with van der Waals surface area (Å²) in [5, 5.41) is 3.31. The first-order valence-corrected chi connectivity index (χ1v) is 7.61. The summed E-state index contributed by atoms with van der Waals surface area (Å²) < 4.78 is 0. The standard InChI is InChI=1S/C17H12Cl2N2O2/c1-10-7-8-11(9-13(10)18)20-15-14(19)16(22)21(17(15)23)12-5-3-2-4-6-12/h2-9,20H,1H3. The second-order valence-corrected chi connectivity index (χ2v) is 5.84. The van der Waals surface area contributed by atoms with Crippen molar-refractivity contribution in [2.24, 2.45) is 0 Å². The van der Waals surface area contributed by atoms with Crippen LogP contribution in [0.25, 0.3) is 0 Å². The molecule has 1 aliphatic heterocycles. The van der Waals surface area contributed by atoms with Crippen LogP contribution in [0.3, 0.4) is 0 Å². The lowest BCUT2D eigenvalue weighted by Gasteiger charge is -2.15. The van der Waals surface area contributed by atoms with Crippen molar-refractivity contribution in [3.05, 3.63) is 69.8 Å². The summed E-state index contributed by atoms with van der Waals surface area (Å²) in [6, 6.07) is 13.9. The molecule has 0 unspecified atom stereocenters. The number of nitrogens with zero attached hydrogens (tertiary/aromatic N) is 1. The third-order valence-electron chi connectivity index (χ3n) is 3.48. The third-order valence-corrected chi connectivity index (χ3v) is 4.24. The van der Waals surface area contributed by atoms with Crippen LogP contribution in [0.2, 0.25) is 5.02 Å². The lowest BCUT2D eigenvalue weighted by molar-refractivity contribution is -0.120. The van der Waals surface area contributed by atoms with E-state index < -0.39 is 11.8 Å². The smallest absolute Gasteiger partial charge is 0.283 e. The van der Waals surface area contributed by atoms with Crippen LogP contribution in [0.1, 0.15) is 5.56 Å². The molecule has 4 nitrogen and oxygen atoms in total. The molecule has 0 saturated carbocycles. The Morgan fingerprint density at radius 1 is 0.957 bits per heavy atom. The molecule has 0 fully saturated rings. The molecular weight excluding hydrogens is 335 g/mol. The summed E-state index contributed by atoms with van der Waals surface area (Å²) in [6.45, 7) is 1.87. The van der Waals surface area contributed by atoms with Crippen molar-refractivity contribution < 1.29 is 9.59 Å². The number of hydrogen-bond donors (Lipinski definition) is 1. The minimum Gasteiger partial charge on any atom is -0.350 e. The Hall–Kier alpha value is -2.30. The van der Waals surface area contributed by atoms with Crippen molar-refractivity contribution in [3.63, 3.8) is 0 Å². The highest BCUT2D eigenvalue weighted by atomic mass is 35.5. The lowest BCUT2D eigenvalue weighted by Crippen LogP contribution is -2.32. The van der Waals surface area contributed by atoms with E-state index in [1.165, 1.54) is 0 Å². The highest BCUT2D eigenvalue weighted by Crippen LogP contribution is 2.30. The molecule has 23 heavy (non-hydrogen) atoms. The Morgan fingerprint density at radius 2 is 1.65 bits per heavy atom. The monoisotopic (exact) mass is 346 g/mol. The summed E-state index contributed by atoms with van der Waals surface area (Å²) in [5.41, 5.74) is 2.02. The molecule has 116 valence electrons. The molecule has 0 aliphatic carbocycles. The van der Waals surface area contributed by atoms with Gasteiger partial charge >= 0.3 is 0 Å². The van der Waals surface area contributed by atoms with Gasteiger partial charge in [0.05, 0.1) is 5.69 Å². The van der Waals surface area contributed by atoms with Gasteiger partial charge in [0, 0.05) is 10.7 Å². The third kappa shape index (κ3) is 2.83. The fraction of sp³-hybridized carbons (Fsp3) is 0.0588. The zero-order chi connectivity index (χ0) is 16.6. The van der Waals surface area contributed by atoms with Gasteiger partial charge in [-0.15, -0.1) is 0 Å². The summed E-state index contributed by atoms with van der Waals surface area (Å²) in [6.07, 6.45) is 0. The normalized spacial score (nSPS) is 14.7. The maximum absolute atomic E-state index is 12.6. The Balaban J connectivity index is 1.92. The topological polar surface area (TPSA) is 49.4 Å². The average Bonchev–Trinajstić information content (AvgIpc) is 2.75. The Bertz CT molecular complexity index is 832. The molecule has 1 heterocycles. The van der Waals surface area contributed by atoms with E-state index in [4.69, 9.17) is 23.2 Å². The van der Waals surface area contributed by atoms with Crippen molar-refractivity contribution >= 4 is 46.4 Å². The van der Waals surface area contributed by atoms with Crippen LogP contribution >= 0.6 is 23.2 Å². The van der Waals surface area contributed by atoms with Crippen molar-refractivity contribution in [1.82, 2.24) is 0 Å². The summed E-state index contributed by atoms with van der Waals surface area (Å²) >= 11 is 12.1. The number of halogens is 2. The van der Waals surface area contributed by atoms with Gasteiger partial charge in [0.25, 0.3) is 11.8 Å². The number of amides is 2. The van der Waals surface area contributed by atoms with Crippen LogP contribution in [0.15, 0.2) is 59.3 Å². The predicted molar refractivity (Wildman–Crippen MR) is 91.6 cm³/mol. The average molecular weight is 347 g/mol. The van der Waals surface area contributed by atoms with E-state index in [2.05, 4.69) is 5.32 Å².